The number of aliphatic hydroxyl groups is 10. The van der Waals surface area contributed by atoms with Crippen molar-refractivity contribution in [2.75, 3.05) is 26.4 Å². The van der Waals surface area contributed by atoms with Crippen molar-refractivity contribution >= 4 is 25.7 Å². The van der Waals surface area contributed by atoms with Gasteiger partial charge in [0.1, 0.15) is 98.7 Å². The molecule has 0 aromatic rings. The highest BCUT2D eigenvalue weighted by atomic mass is 31.2. The van der Waals surface area contributed by atoms with E-state index in [0.717, 1.165) is 89.9 Å². The number of phosphoric ester groups is 1. The summed E-state index contributed by atoms with van der Waals surface area (Å²) in [6.07, 6.45) is 17.1. The van der Waals surface area contributed by atoms with Gasteiger partial charge < -0.3 is 89.1 Å². The van der Waals surface area contributed by atoms with Crippen LogP contribution in [0.2, 0.25) is 0 Å². The molecule has 25 heteroatoms. The normalized spacial score (nSPS) is 27.1. The smallest absolute Gasteiger partial charge is 0.463 e. The van der Waals surface area contributed by atoms with E-state index in [4.69, 9.17) is 42.2 Å². The molecular weight excluding hydrogens is 1330 g/mol. The standard InChI is InChI=1S/C76H143O24P/c1-4-7-10-13-16-19-22-25-28-30-33-35-38-41-44-47-50-60(78)92-54-57(95-62(80)52-49-46-43-40-37-32-27-24-21-18-15-12-9-6-3)55-94-101(90,91)100-74-72(98-75-70(88)65(83)63(81)58(53-77)96-75)68(86)67(85)69(87)73(74)99-76-71(89)66(84)64(82)59(97-76)56-93-61(79)51-48-45-42-39-36-34-31-29-26-23-20-17-14-11-8-5-2/h57-59,63-77,81-89H,4-56H2,1-3H3,(H,90,91). The average molecular weight is 1470 g/mol. The first-order chi connectivity index (χ1) is 48.8. The first-order valence-electron chi connectivity index (χ1n) is 40.3. The fourth-order valence-corrected chi connectivity index (χ4v) is 14.5. The van der Waals surface area contributed by atoms with Crippen molar-refractivity contribution in [3.05, 3.63) is 0 Å². The summed E-state index contributed by atoms with van der Waals surface area (Å²) in [5.74, 6) is -1.97. The molecule has 0 spiro atoms. The molecule has 1 aliphatic carbocycles. The highest BCUT2D eigenvalue weighted by Gasteiger charge is 2.58. The molecule has 24 nitrogen and oxygen atoms in total. The van der Waals surface area contributed by atoms with Gasteiger partial charge in [-0.1, -0.05) is 297 Å². The topological polar surface area (TPSA) is 374 Å². The Labute approximate surface area is 606 Å². The molecule has 0 aromatic heterocycles. The lowest BCUT2D eigenvalue weighted by Crippen LogP contribution is -2.69. The molecule has 596 valence electrons. The first kappa shape index (κ1) is 93.2. The zero-order valence-corrected chi connectivity index (χ0v) is 63.4. The van der Waals surface area contributed by atoms with Crippen molar-refractivity contribution in [1.82, 2.24) is 0 Å². The highest BCUT2D eigenvalue weighted by Crippen LogP contribution is 2.49. The van der Waals surface area contributed by atoms with E-state index in [-0.39, 0.29) is 19.3 Å². The maximum atomic E-state index is 14.4. The highest BCUT2D eigenvalue weighted by molar-refractivity contribution is 7.47. The number of rotatable bonds is 64. The van der Waals surface area contributed by atoms with E-state index < -0.39 is 156 Å². The van der Waals surface area contributed by atoms with Crippen molar-refractivity contribution < 1.29 is 117 Å². The number of carbonyl (C=O) groups is 3. The summed E-state index contributed by atoms with van der Waals surface area (Å²) in [5, 5.41) is 110. The van der Waals surface area contributed by atoms with Crippen LogP contribution in [0.4, 0.5) is 0 Å². The maximum absolute atomic E-state index is 14.4. The quantitative estimate of drug-likeness (QED) is 0.0117. The van der Waals surface area contributed by atoms with Crippen LogP contribution in [0.5, 0.6) is 0 Å². The molecule has 0 radical (unpaired) electrons. The Morgan fingerprint density at radius 2 is 0.634 bits per heavy atom. The van der Waals surface area contributed by atoms with Crippen LogP contribution < -0.4 is 0 Å². The minimum atomic E-state index is -5.69. The monoisotopic (exact) mass is 1470 g/mol. The molecule has 2 aliphatic heterocycles. The van der Waals surface area contributed by atoms with Gasteiger partial charge in [-0.2, -0.15) is 0 Å². The van der Waals surface area contributed by atoms with Gasteiger partial charge in [0.25, 0.3) is 0 Å². The van der Waals surface area contributed by atoms with E-state index in [1.54, 1.807) is 0 Å². The summed E-state index contributed by atoms with van der Waals surface area (Å²) >= 11 is 0. The number of ether oxygens (including phenoxy) is 7. The average Bonchev–Trinajstić information content (AvgIpc) is 0.761. The van der Waals surface area contributed by atoms with E-state index in [1.165, 1.54) is 186 Å². The number of carbonyl (C=O) groups excluding carboxylic acids is 3. The lowest BCUT2D eigenvalue weighted by atomic mass is 9.84. The number of esters is 3. The van der Waals surface area contributed by atoms with Crippen LogP contribution in [0.3, 0.4) is 0 Å². The van der Waals surface area contributed by atoms with E-state index in [9.17, 15) is 74.9 Å². The number of aliphatic hydroxyl groups excluding tert-OH is 10. The van der Waals surface area contributed by atoms with Gasteiger partial charge in [-0.15, -0.1) is 0 Å². The second kappa shape index (κ2) is 58.0. The van der Waals surface area contributed by atoms with Gasteiger partial charge in [0, 0.05) is 19.3 Å². The van der Waals surface area contributed by atoms with Crippen LogP contribution in [-0.4, -0.2) is 204 Å². The number of unbranched alkanes of at least 4 members (excludes halogenated alkanes) is 43. The Hall–Kier alpha value is -2.04. The summed E-state index contributed by atoms with van der Waals surface area (Å²) in [4.78, 5) is 51.1. The minimum absolute atomic E-state index is 0.0329. The van der Waals surface area contributed by atoms with Crippen molar-refractivity contribution in [2.24, 2.45) is 0 Å². The molecule has 18 unspecified atom stereocenters. The van der Waals surface area contributed by atoms with Crippen LogP contribution in [-0.2, 0) is 61.2 Å². The predicted octanol–water partition coefficient (Wildman–Crippen LogP) is 12.1. The van der Waals surface area contributed by atoms with E-state index >= 15 is 0 Å². The van der Waals surface area contributed by atoms with Crippen molar-refractivity contribution in [2.45, 2.75) is 440 Å². The van der Waals surface area contributed by atoms with Crippen molar-refractivity contribution in [3.63, 3.8) is 0 Å². The van der Waals surface area contributed by atoms with Gasteiger partial charge in [-0.05, 0) is 19.3 Å². The molecule has 3 fully saturated rings. The van der Waals surface area contributed by atoms with Gasteiger partial charge in [-0.25, -0.2) is 4.57 Å². The molecule has 1 saturated carbocycles. The Balaban J connectivity index is 1.70. The number of phosphoric acid groups is 1. The Bertz CT molecular complexity index is 2080. The molecule has 0 bridgehead atoms. The molecular formula is C76H143O24P. The predicted molar refractivity (Wildman–Crippen MR) is 384 cm³/mol. The lowest BCUT2D eigenvalue weighted by molar-refractivity contribution is -0.360. The second-order valence-corrected chi connectivity index (χ2v) is 30.6. The molecule has 18 atom stereocenters. The fourth-order valence-electron chi connectivity index (χ4n) is 13.6. The van der Waals surface area contributed by atoms with Gasteiger partial charge in [0.15, 0.2) is 18.7 Å². The van der Waals surface area contributed by atoms with Gasteiger partial charge >= 0.3 is 25.7 Å². The lowest BCUT2D eigenvalue weighted by Gasteiger charge is -2.49. The fraction of sp³-hybridized carbons (Fsp3) is 0.961. The van der Waals surface area contributed by atoms with E-state index in [0.29, 0.717) is 19.3 Å². The summed E-state index contributed by atoms with van der Waals surface area (Å²) in [7, 11) is -5.69. The molecule has 3 aliphatic rings. The van der Waals surface area contributed by atoms with Crippen LogP contribution in [0.1, 0.15) is 335 Å². The summed E-state index contributed by atoms with van der Waals surface area (Å²) < 4.78 is 65.2. The molecule has 0 aromatic carbocycles. The summed E-state index contributed by atoms with van der Waals surface area (Å²) in [5.41, 5.74) is 0. The van der Waals surface area contributed by atoms with Crippen molar-refractivity contribution in [3.8, 4) is 0 Å². The summed E-state index contributed by atoms with van der Waals surface area (Å²) in [6, 6.07) is 0. The zero-order chi connectivity index (χ0) is 73.9. The van der Waals surface area contributed by atoms with E-state index in [2.05, 4.69) is 20.8 Å². The largest absolute Gasteiger partial charge is 0.472 e. The van der Waals surface area contributed by atoms with Gasteiger partial charge in [0.05, 0.1) is 13.2 Å². The Kier molecular flexibility index (Phi) is 53.5. The SMILES string of the molecule is CCCCCCCCCCCCCCCCCCC(=O)OCC(COP(=O)(O)OC1C(OC2OC(CO)C(O)C(O)C2O)C(O)C(O)C(O)C1OC1OC(COC(=O)CCCCCCCCCCCCCCCCCC)C(O)C(O)C1O)OC(=O)CCCCCCCCCCCCCCCC. The van der Waals surface area contributed by atoms with Gasteiger partial charge in [0.2, 0.25) is 0 Å². The van der Waals surface area contributed by atoms with Crippen LogP contribution in [0, 0.1) is 0 Å². The third-order valence-electron chi connectivity index (χ3n) is 20.1. The van der Waals surface area contributed by atoms with Crippen LogP contribution in [0.25, 0.3) is 0 Å². The van der Waals surface area contributed by atoms with E-state index in [1.807, 2.05) is 0 Å². The molecule has 2 heterocycles. The van der Waals surface area contributed by atoms with Crippen molar-refractivity contribution in [1.29, 1.82) is 0 Å². The summed E-state index contributed by atoms with van der Waals surface area (Å²) in [6.45, 7) is 3.51. The number of hydrogen-bond donors (Lipinski definition) is 11. The zero-order valence-electron chi connectivity index (χ0n) is 62.5. The molecule has 0 amide bonds. The third kappa shape index (κ3) is 40.7. The molecule has 2 saturated heterocycles. The van der Waals surface area contributed by atoms with Crippen LogP contribution in [0.15, 0.2) is 0 Å². The first-order valence-corrected chi connectivity index (χ1v) is 41.8. The minimum Gasteiger partial charge on any atom is -0.463 e. The molecule has 11 N–H and O–H groups in total. The maximum Gasteiger partial charge on any atom is 0.472 e. The number of hydrogen-bond acceptors (Lipinski definition) is 23. The second-order valence-electron chi connectivity index (χ2n) is 29.2. The Morgan fingerprint density at radius 1 is 0.347 bits per heavy atom. The molecule has 101 heavy (non-hydrogen) atoms. The van der Waals surface area contributed by atoms with Gasteiger partial charge in [-0.3, -0.25) is 23.4 Å². The third-order valence-corrected chi connectivity index (χ3v) is 21.1. The Morgan fingerprint density at radius 3 is 0.970 bits per heavy atom. The molecule has 3 rings (SSSR count). The van der Waals surface area contributed by atoms with Crippen LogP contribution >= 0.6 is 7.82 Å².